The maximum atomic E-state index is 12.2. The fourth-order valence-electron chi connectivity index (χ4n) is 3.40. The van der Waals surface area contributed by atoms with E-state index in [2.05, 4.69) is 40.3 Å². The summed E-state index contributed by atoms with van der Waals surface area (Å²) in [4.78, 5) is 0. The van der Waals surface area contributed by atoms with Crippen LogP contribution in [-0.2, 0) is 7.05 Å². The molecule has 0 aliphatic rings. The molecule has 4 aromatic rings. The summed E-state index contributed by atoms with van der Waals surface area (Å²) in [5, 5.41) is 14.6. The van der Waals surface area contributed by atoms with Crippen molar-refractivity contribution in [3.05, 3.63) is 65.9 Å². The Hall–Kier alpha value is -3.21. The van der Waals surface area contributed by atoms with E-state index in [1.807, 2.05) is 38.4 Å². The first kappa shape index (κ1) is 18.1. The molecule has 2 aromatic carbocycles. The van der Waals surface area contributed by atoms with E-state index in [1.54, 1.807) is 6.07 Å². The second kappa shape index (κ2) is 6.36. The molecule has 0 atom stereocenters. The van der Waals surface area contributed by atoms with E-state index in [4.69, 9.17) is 0 Å². The van der Waals surface area contributed by atoms with Crippen LogP contribution in [0.3, 0.4) is 0 Å². The molecule has 0 bridgehead atoms. The van der Waals surface area contributed by atoms with E-state index in [1.165, 1.54) is 10.9 Å². The van der Waals surface area contributed by atoms with Crippen molar-refractivity contribution in [2.45, 2.75) is 13.8 Å². The summed E-state index contributed by atoms with van der Waals surface area (Å²) in [7, 11) is 2.01. The minimum absolute atomic E-state index is 0. The summed E-state index contributed by atoms with van der Waals surface area (Å²) in [6, 6.07) is 16.9. The van der Waals surface area contributed by atoms with Gasteiger partial charge in [-0.1, -0.05) is 30.3 Å². The van der Waals surface area contributed by atoms with Gasteiger partial charge in [0.25, 0.3) is 0 Å². The summed E-state index contributed by atoms with van der Waals surface area (Å²) in [6.07, 6.45) is 1.97. The third kappa shape index (κ3) is 2.44. The average molecular weight is 555 g/mol. The van der Waals surface area contributed by atoms with E-state index in [0.717, 1.165) is 27.8 Å². The van der Waals surface area contributed by atoms with Crippen molar-refractivity contribution in [1.29, 1.82) is 0 Å². The molecule has 0 fully saturated rings. The Balaban J connectivity index is 0.00000113. The second-order valence-electron chi connectivity index (χ2n) is 5.99. The molecule has 2 heterocycles. The van der Waals surface area contributed by atoms with Crippen LogP contribution in [0.4, 0.5) is 0 Å². The quantitative estimate of drug-likeness (QED) is 0.187. The summed E-state index contributed by atoms with van der Waals surface area (Å²) in [6.45, 7) is 4.02. The van der Waals surface area contributed by atoms with Gasteiger partial charge in [0, 0.05) is 10.8 Å². The van der Waals surface area contributed by atoms with E-state index >= 15 is 0 Å². The Morgan fingerprint density at radius 2 is 1.88 bits per heavy atom. The van der Waals surface area contributed by atoms with Crippen LogP contribution < -0.4 is 28.5 Å². The Kier molecular flexibility index (Phi) is 4.61. The van der Waals surface area contributed by atoms with E-state index in [0.29, 0.717) is 0 Å². The van der Waals surface area contributed by atoms with Gasteiger partial charge in [-0.25, -0.2) is 4.57 Å². The molecular weight excluding hydrogens is 538 g/mol. The van der Waals surface area contributed by atoms with Crippen molar-refractivity contribution >= 4 is 21.8 Å². The minimum Gasteiger partial charge on any atom is -0.872 e. The van der Waals surface area contributed by atoms with Crippen LogP contribution in [0.25, 0.3) is 27.6 Å². The first-order chi connectivity index (χ1) is 11.1. The van der Waals surface area contributed by atoms with Gasteiger partial charge >= 0.3 is 18.9 Å². The number of rotatable bonds is 1. The molecule has 0 saturated carbocycles. The number of hydrogen-bond donors (Lipinski definition) is 0. The van der Waals surface area contributed by atoms with Crippen LogP contribution in [0.15, 0.2) is 48.7 Å². The van der Waals surface area contributed by atoms with Crippen LogP contribution in [-0.4, -0.2) is 4.57 Å². The van der Waals surface area contributed by atoms with E-state index in [9.17, 15) is 5.11 Å². The van der Waals surface area contributed by atoms with Gasteiger partial charge in [0.1, 0.15) is 11.0 Å². The predicted octanol–water partition coefficient (Wildman–Crippen LogP) is 0.103. The number of benzene rings is 2. The SMILES string of the molecule is Cc1cccc2c1c1ccc([O-])c(C)c1n2-c1c[c-]cc[n+]1C.[Bk].[Li+]. The van der Waals surface area contributed by atoms with Crippen molar-refractivity contribution in [2.75, 3.05) is 0 Å². The van der Waals surface area contributed by atoms with Crippen LogP contribution in [0, 0.1) is 19.9 Å². The topological polar surface area (TPSA) is 31.9 Å². The van der Waals surface area contributed by atoms with Crippen LogP contribution in [0.1, 0.15) is 11.1 Å². The zero-order valence-corrected chi connectivity index (χ0v) is 17.5. The van der Waals surface area contributed by atoms with Gasteiger partial charge in [0.2, 0.25) is 0 Å². The largest absolute Gasteiger partial charge is 1.00 e. The molecule has 123 valence electrons. The molecule has 0 amide bonds. The third-order valence-electron chi connectivity index (χ3n) is 4.56. The number of pyridine rings is 1. The van der Waals surface area contributed by atoms with Crippen molar-refractivity contribution in [3.63, 3.8) is 0 Å². The van der Waals surface area contributed by atoms with Gasteiger partial charge in [-0.2, -0.15) is 6.07 Å². The molecule has 3 nitrogen and oxygen atoms in total. The molecular formula is C20H17BkLiN2O. The van der Waals surface area contributed by atoms with Crippen molar-refractivity contribution in [1.82, 2.24) is 4.57 Å². The molecule has 0 saturated heterocycles. The molecule has 0 spiro atoms. The second-order valence-corrected chi connectivity index (χ2v) is 5.99. The normalized spacial score (nSPS) is 10.5. The maximum absolute atomic E-state index is 12.2. The predicted molar refractivity (Wildman–Crippen MR) is 89.7 cm³/mol. The Bertz CT molecular complexity index is 1070. The fraction of sp³-hybridized carbons (Fsp3) is 0.150. The number of aromatic nitrogens is 2. The smallest absolute Gasteiger partial charge is 0.872 e. The molecule has 0 N–H and O–H groups in total. The number of aryl methyl sites for hydroxylation is 3. The van der Waals surface area contributed by atoms with Gasteiger partial charge in [-0.3, -0.25) is 0 Å². The summed E-state index contributed by atoms with van der Waals surface area (Å²) in [5.41, 5.74) is 4.09. The van der Waals surface area contributed by atoms with Gasteiger partial charge in [-0.05, 0) is 37.2 Å². The molecule has 25 heavy (non-hydrogen) atoms. The Labute approximate surface area is 153 Å². The number of hydrogen-bond acceptors (Lipinski definition) is 1. The summed E-state index contributed by atoms with van der Waals surface area (Å²) >= 11 is 0. The number of fused-ring (bicyclic) bond motifs is 3. The number of nitrogens with zero attached hydrogens (tertiary/aromatic N) is 2. The summed E-state index contributed by atoms with van der Waals surface area (Å²) < 4.78 is 4.22. The van der Waals surface area contributed by atoms with Crippen molar-refractivity contribution in [3.8, 4) is 11.6 Å². The van der Waals surface area contributed by atoms with E-state index < -0.39 is 0 Å². The monoisotopic (exact) mass is 555 g/mol. The molecule has 0 aliphatic heterocycles. The van der Waals surface area contributed by atoms with Crippen LogP contribution in [0.5, 0.6) is 5.75 Å². The van der Waals surface area contributed by atoms with Crippen LogP contribution in [0.2, 0.25) is 0 Å². The maximum Gasteiger partial charge on any atom is 1.00 e. The van der Waals surface area contributed by atoms with Gasteiger partial charge in [-0.15, -0.1) is 11.8 Å². The minimum atomic E-state index is 0. The molecule has 0 aliphatic carbocycles. The van der Waals surface area contributed by atoms with Gasteiger partial charge < -0.3 is 9.67 Å². The first-order valence-electron chi connectivity index (χ1n) is 7.66. The molecule has 1 radical (unpaired) electrons. The Morgan fingerprint density at radius 3 is 2.60 bits per heavy atom. The standard InChI is InChI=1S/C20H18N2O.Bk.Li/c1-13-7-6-8-16-19(13)15-10-11-17(23)14(2)20(15)22(16)18-9-4-5-12-21(18)3;;/h5-12,23H,1-3H3;;/q;;+1/p-1. The molecule has 4 rings (SSSR count). The molecule has 5 heteroatoms. The van der Waals surface area contributed by atoms with Gasteiger partial charge in [0.05, 0.1) is 7.05 Å². The van der Waals surface area contributed by atoms with E-state index in [-0.39, 0.29) is 24.6 Å². The summed E-state index contributed by atoms with van der Waals surface area (Å²) in [5.74, 6) is 1.06. The molecule has 2 aromatic heterocycles. The van der Waals surface area contributed by atoms with Gasteiger partial charge in [0.15, 0.2) is 5.82 Å². The first-order valence-corrected chi connectivity index (χ1v) is 7.66. The third-order valence-corrected chi connectivity index (χ3v) is 4.56. The fourth-order valence-corrected chi connectivity index (χ4v) is 3.40. The van der Waals surface area contributed by atoms with Crippen molar-refractivity contribution in [2.24, 2.45) is 7.05 Å². The van der Waals surface area contributed by atoms with Crippen LogP contribution >= 0.6 is 0 Å². The molecule has 0 unspecified atom stereocenters. The zero-order chi connectivity index (χ0) is 16.1. The average Bonchev–Trinajstić information content (AvgIpc) is 2.88. The Morgan fingerprint density at radius 1 is 1.12 bits per heavy atom. The van der Waals surface area contributed by atoms with Crippen molar-refractivity contribution < 1.29 is 28.5 Å². The zero-order valence-electron chi connectivity index (χ0n) is 14.8.